The molecule has 0 N–H and O–H groups in total. The minimum atomic E-state index is -1.55. The van der Waals surface area contributed by atoms with E-state index in [0.29, 0.717) is 0 Å². The molecule has 0 saturated carbocycles. The first-order valence-corrected chi connectivity index (χ1v) is 46.9. The van der Waals surface area contributed by atoms with Gasteiger partial charge < -0.3 is 18.9 Å². The van der Waals surface area contributed by atoms with Gasteiger partial charge in [-0.15, -0.1) is 0 Å². The van der Waals surface area contributed by atoms with Crippen LogP contribution in [-0.2, 0) is 84.3 Å². The maximum Gasteiger partial charge on any atom is 3.00 e. The second-order valence-corrected chi connectivity index (χ2v) is 59.9. The molecular weight excluding hydrogens is 1670 g/mol. The summed E-state index contributed by atoms with van der Waals surface area (Å²) < 4.78 is 19.9. The summed E-state index contributed by atoms with van der Waals surface area (Å²) in [5.41, 5.74) is 27.7. The van der Waals surface area contributed by atoms with Gasteiger partial charge in [0.15, 0.2) is 0 Å². The number of allylic oxidation sites excluding steroid dienone is 4. The molecule has 3 radical (unpaired) electrons. The van der Waals surface area contributed by atoms with Crippen molar-refractivity contribution < 1.29 is 160 Å². The van der Waals surface area contributed by atoms with Crippen LogP contribution in [0.25, 0.3) is 0 Å². The molecule has 72 heavy (non-hydrogen) atoms. The van der Waals surface area contributed by atoms with Gasteiger partial charge in [-0.3, -0.25) is 0 Å². The van der Waals surface area contributed by atoms with Crippen molar-refractivity contribution in [3.8, 4) is 0 Å². The summed E-state index contributed by atoms with van der Waals surface area (Å²) in [6, 6.07) is 0. The fourth-order valence-corrected chi connectivity index (χ4v) is 12.8. The molecule has 4 saturated heterocycles. The second kappa shape index (κ2) is 46.0. The van der Waals surface area contributed by atoms with Crippen molar-refractivity contribution in [1.29, 1.82) is 0 Å². The molecule has 0 aromatic heterocycles. The fourth-order valence-electron chi connectivity index (χ4n) is 8.11. The molecule has 5 aliphatic rings. The third-order valence-electron chi connectivity index (χ3n) is 15.4. The standard InChI is InChI=1S/C10H15AsS2.3C10H15.4C4H8O.As2S4.3Yb/c1-6-7(2)9(4)10(5,8(6)3)11(12)13;3*1-6-7(2)9(4)10(5)8(6)3;4*1-2-4-5-3-1;3-1(4)2(5)6;;;/h1-5H3;3*1-5H3;4*1-4H2;;;;/q-2;3*-1;;;;;-4;3*+3. The number of hydrogen-bond acceptors (Lipinski definition) is 10. The Labute approximate surface area is 599 Å². The first-order chi connectivity index (χ1) is 32.1. The van der Waals surface area contributed by atoms with Crippen molar-refractivity contribution in [3.05, 3.63) is 106 Å². The van der Waals surface area contributed by atoms with Crippen LogP contribution >= 0.6 is 0 Å². The van der Waals surface area contributed by atoms with Crippen molar-refractivity contribution in [2.24, 2.45) is 0 Å². The Balaban J connectivity index is -0.000000367. The van der Waals surface area contributed by atoms with Crippen molar-refractivity contribution in [1.82, 2.24) is 0 Å². The number of hydrogen-bond donors (Lipinski definition) is 0. The van der Waals surface area contributed by atoms with Gasteiger partial charge in [0, 0.05) is 52.9 Å². The van der Waals surface area contributed by atoms with Crippen molar-refractivity contribution in [2.75, 3.05) is 52.9 Å². The molecule has 4 heterocycles. The topological polar surface area (TPSA) is 36.9 Å². The van der Waals surface area contributed by atoms with Gasteiger partial charge >= 0.3 is 300 Å². The van der Waals surface area contributed by atoms with E-state index in [-0.39, 0.29) is 145 Å². The molecule has 4 fully saturated rings. The summed E-state index contributed by atoms with van der Waals surface area (Å²) in [4.78, 5) is 0. The maximum absolute atomic E-state index is 5.40. The molecule has 4 aliphatic heterocycles. The van der Waals surface area contributed by atoms with E-state index in [1.807, 2.05) is 0 Å². The summed E-state index contributed by atoms with van der Waals surface area (Å²) >= 11 is -1.55. The smallest absolute Gasteiger partial charge is 3.00 e. The summed E-state index contributed by atoms with van der Waals surface area (Å²) in [5.74, 6) is 0. The molecular formula is C56H92As3O4S6Yb3. The summed E-state index contributed by atoms with van der Waals surface area (Å²) in [6.45, 7) is 52.0. The molecule has 3 aromatic carbocycles. The summed E-state index contributed by atoms with van der Waals surface area (Å²) in [6.07, 6.45) is 10.2. The molecule has 0 atom stereocenters. The normalized spacial score (nSPS) is 16.0. The third kappa shape index (κ3) is 29.5. The van der Waals surface area contributed by atoms with E-state index < -0.39 is 32.9 Å². The van der Waals surface area contributed by atoms with E-state index >= 15 is 0 Å². The van der Waals surface area contributed by atoms with E-state index in [2.05, 4.69) is 138 Å². The van der Waals surface area contributed by atoms with Crippen LogP contribution in [0, 0.1) is 245 Å². The van der Waals surface area contributed by atoms with E-state index in [1.165, 1.54) is 157 Å². The molecule has 0 unspecified atom stereocenters. The van der Waals surface area contributed by atoms with E-state index in [1.54, 1.807) is 0 Å². The minimum absolute atomic E-state index is 0. The van der Waals surface area contributed by atoms with Gasteiger partial charge in [0.2, 0.25) is 0 Å². The van der Waals surface area contributed by atoms with Gasteiger partial charge in [-0.2, -0.15) is 83.5 Å². The molecule has 0 spiro atoms. The molecule has 4 nitrogen and oxygen atoms in total. The van der Waals surface area contributed by atoms with Gasteiger partial charge in [0.1, 0.15) is 0 Å². The van der Waals surface area contributed by atoms with Gasteiger partial charge in [0.05, 0.1) is 0 Å². The van der Waals surface area contributed by atoms with Crippen LogP contribution in [0.3, 0.4) is 0 Å². The molecule has 433 valence electrons. The predicted octanol–water partition coefficient (Wildman–Crippen LogP) is 14.3. The molecule has 1 aliphatic carbocycles. The zero-order valence-corrected chi connectivity index (χ0v) is 63.2. The number of rotatable bonds is 2. The van der Waals surface area contributed by atoms with E-state index in [9.17, 15) is 0 Å². The van der Waals surface area contributed by atoms with E-state index in [0.717, 1.165) is 52.9 Å². The van der Waals surface area contributed by atoms with Crippen LogP contribution in [0.2, 0.25) is 4.20 Å². The summed E-state index contributed by atoms with van der Waals surface area (Å²) in [5, 5.41) is 0. The SMILES string of the molecule is C1CCOC1.C1CCOC1.C1CCOC1.C1CCOC1.CC1=C(C)C(C)([As]([S-])[S-])C(C)=C1C.Cc1c(C)c(C)[c-](C)c1C.Cc1c(C)c(C)[c-](C)c1C.Cc1c(C)c(C)[c-](C)c1C.[S-][As]([S-])[As]([S-])[S-].[Yb+3].[Yb+3].[Yb+3]. The van der Waals surface area contributed by atoms with Crippen LogP contribution in [0.5, 0.6) is 0 Å². The Morgan fingerprint density at radius 1 is 0.333 bits per heavy atom. The summed E-state index contributed by atoms with van der Waals surface area (Å²) in [7, 11) is 27.0. The fraction of sp³-hybridized carbons (Fsp3) is 0.661. The Morgan fingerprint density at radius 3 is 0.542 bits per heavy atom. The average molecular weight is 1770 g/mol. The zero-order chi connectivity index (χ0) is 53.3. The Kier molecular flexibility index (Phi) is 53.8. The Hall–Kier alpha value is 5.70. The average Bonchev–Trinajstić information content (AvgIpc) is 4.22. The largest absolute Gasteiger partial charge is 3.00 e. The molecule has 0 amide bonds. The molecule has 0 bridgehead atoms. The van der Waals surface area contributed by atoms with Gasteiger partial charge in [-0.25, -0.2) is 0 Å². The monoisotopic (exact) mass is 1770 g/mol. The zero-order valence-electron chi connectivity index (χ0n) is 47.5. The molecule has 8 rings (SSSR count). The minimum Gasteiger partial charge on any atom is 3.00 e. The maximum atomic E-state index is 5.40. The second-order valence-electron chi connectivity index (χ2n) is 19.0. The van der Waals surface area contributed by atoms with Crippen molar-refractivity contribution in [2.45, 2.75) is 194 Å². The van der Waals surface area contributed by atoms with E-state index in [4.69, 9.17) is 84.3 Å². The molecule has 3 aromatic rings. The van der Waals surface area contributed by atoms with Crippen LogP contribution in [0.15, 0.2) is 22.3 Å². The molecule has 16 heteroatoms. The van der Waals surface area contributed by atoms with Gasteiger partial charge in [-0.1, -0.05) is 104 Å². The van der Waals surface area contributed by atoms with Crippen LogP contribution in [-0.4, -0.2) is 85.7 Å². The Bertz CT molecular complexity index is 1530. The first kappa shape index (κ1) is 84.2. The van der Waals surface area contributed by atoms with Crippen LogP contribution in [0.1, 0.15) is 169 Å². The third-order valence-corrected chi connectivity index (χ3v) is 54.4. The Morgan fingerprint density at radius 2 is 0.486 bits per heavy atom. The first-order valence-electron chi connectivity index (χ1n) is 24.8. The quantitative estimate of drug-likeness (QED) is 0.141. The van der Waals surface area contributed by atoms with Gasteiger partial charge in [-0.05, 0) is 51.4 Å². The number of ether oxygens (including phenoxy) is 4. The van der Waals surface area contributed by atoms with Crippen molar-refractivity contribution in [3.63, 3.8) is 0 Å². The predicted molar refractivity (Wildman–Crippen MR) is 324 cm³/mol. The van der Waals surface area contributed by atoms with Crippen LogP contribution < -0.4 is 0 Å². The van der Waals surface area contributed by atoms with Crippen molar-refractivity contribution >= 4 is 98.2 Å². The van der Waals surface area contributed by atoms with Gasteiger partial charge in [0.25, 0.3) is 0 Å². The van der Waals surface area contributed by atoms with Crippen LogP contribution in [0.4, 0.5) is 0 Å².